The fourth-order valence-corrected chi connectivity index (χ4v) is 4.18. The van der Waals surface area contributed by atoms with Gasteiger partial charge in [0.2, 0.25) is 5.91 Å². The van der Waals surface area contributed by atoms with E-state index in [-0.39, 0.29) is 41.7 Å². The Morgan fingerprint density at radius 2 is 1.91 bits per heavy atom. The third-order valence-electron chi connectivity index (χ3n) is 5.52. The summed E-state index contributed by atoms with van der Waals surface area (Å²) < 4.78 is 15.4. The monoisotopic (exact) mass is 485 g/mol. The maximum atomic E-state index is 14.0. The highest BCUT2D eigenvalue weighted by molar-refractivity contribution is 6.42. The van der Waals surface area contributed by atoms with E-state index in [0.29, 0.717) is 22.0 Å². The average molecular weight is 486 g/mol. The van der Waals surface area contributed by atoms with E-state index in [1.807, 2.05) is 0 Å². The first-order valence-corrected chi connectivity index (χ1v) is 10.7. The van der Waals surface area contributed by atoms with Crippen molar-refractivity contribution in [2.24, 2.45) is 5.73 Å². The number of primary amides is 1. The lowest BCUT2D eigenvalue weighted by Crippen LogP contribution is -2.43. The highest BCUT2D eigenvalue weighted by Crippen LogP contribution is 2.34. The van der Waals surface area contributed by atoms with Crippen molar-refractivity contribution >= 4 is 40.7 Å². The molecule has 33 heavy (non-hydrogen) atoms. The van der Waals surface area contributed by atoms with Crippen LogP contribution in [0.2, 0.25) is 10.0 Å². The van der Waals surface area contributed by atoms with Crippen LogP contribution in [0.5, 0.6) is 0 Å². The van der Waals surface area contributed by atoms with Gasteiger partial charge in [0.25, 0.3) is 5.91 Å². The molecule has 3 aromatic rings. The molecule has 2 aromatic carbocycles. The molecule has 0 saturated carbocycles. The molecule has 1 atom stereocenters. The number of halogens is 3. The Kier molecular flexibility index (Phi) is 6.36. The van der Waals surface area contributed by atoms with Gasteiger partial charge in [-0.25, -0.2) is 9.24 Å². The first-order valence-electron chi connectivity index (χ1n) is 9.99. The van der Waals surface area contributed by atoms with Gasteiger partial charge in [-0.1, -0.05) is 53.5 Å². The quantitative estimate of drug-likeness (QED) is 0.535. The summed E-state index contributed by atoms with van der Waals surface area (Å²) in [7, 11) is 0. The van der Waals surface area contributed by atoms with Gasteiger partial charge in [0, 0.05) is 12.1 Å². The van der Waals surface area contributed by atoms with Crippen LogP contribution < -0.4 is 5.73 Å². The zero-order valence-corrected chi connectivity index (χ0v) is 18.8. The lowest BCUT2D eigenvalue weighted by atomic mass is 10.0. The third-order valence-corrected chi connectivity index (χ3v) is 6.26. The van der Waals surface area contributed by atoms with Gasteiger partial charge < -0.3 is 10.6 Å². The molecule has 2 N–H and O–H groups in total. The molecule has 0 aliphatic carbocycles. The van der Waals surface area contributed by atoms with Crippen LogP contribution in [0.25, 0.3) is 16.1 Å². The number of fused-ring (bicyclic) bond motifs is 1. The fraction of sp³-hybridized carbons (Fsp3) is 0.217. The minimum atomic E-state index is -0.781. The van der Waals surface area contributed by atoms with E-state index in [1.54, 1.807) is 42.5 Å². The summed E-state index contributed by atoms with van der Waals surface area (Å²) in [6.45, 7) is 6.40. The van der Waals surface area contributed by atoms with Crippen molar-refractivity contribution in [2.45, 2.75) is 19.0 Å². The van der Waals surface area contributed by atoms with Gasteiger partial charge in [-0.05, 0) is 17.7 Å². The molecule has 1 unspecified atom stereocenters. The Morgan fingerprint density at radius 3 is 2.52 bits per heavy atom. The van der Waals surface area contributed by atoms with Gasteiger partial charge in [-0.15, -0.1) is 0 Å². The second-order valence-corrected chi connectivity index (χ2v) is 8.46. The van der Waals surface area contributed by atoms with Crippen molar-refractivity contribution in [1.29, 1.82) is 0 Å². The largest absolute Gasteiger partial charge is 0.365 e. The molecular weight excluding hydrogens is 468 g/mol. The van der Waals surface area contributed by atoms with Gasteiger partial charge in [-0.2, -0.15) is 5.10 Å². The number of nitrogens with two attached hydrogens (primary N) is 1. The lowest BCUT2D eigenvalue weighted by Gasteiger charge is -2.33. The molecule has 4 rings (SSSR count). The minimum absolute atomic E-state index is 0.0576. The maximum Gasteiger partial charge on any atom is 0.252 e. The first-order chi connectivity index (χ1) is 15.8. The Balaban J connectivity index is 1.69. The van der Waals surface area contributed by atoms with E-state index in [1.165, 1.54) is 9.58 Å². The molecule has 1 aliphatic rings. The van der Waals surface area contributed by atoms with E-state index in [0.717, 1.165) is 5.56 Å². The average Bonchev–Trinajstić information content (AvgIpc) is 3.20. The highest BCUT2D eigenvalue weighted by Gasteiger charge is 2.34. The van der Waals surface area contributed by atoms with Crippen molar-refractivity contribution < 1.29 is 14.0 Å². The molecule has 2 amide bonds. The van der Waals surface area contributed by atoms with E-state index in [2.05, 4.69) is 9.94 Å². The van der Waals surface area contributed by atoms with Crippen molar-refractivity contribution in [1.82, 2.24) is 14.7 Å². The summed E-state index contributed by atoms with van der Waals surface area (Å²) in [6.07, 6.45) is 0.0803. The number of nitrogens with zero attached hydrogens (tertiary/aromatic N) is 4. The van der Waals surface area contributed by atoms with E-state index < -0.39 is 18.6 Å². The summed E-state index contributed by atoms with van der Waals surface area (Å²) in [5.41, 5.74) is 8.14. The number of alkyl halides is 1. The van der Waals surface area contributed by atoms with Gasteiger partial charge in [-0.3, -0.25) is 14.3 Å². The van der Waals surface area contributed by atoms with Crippen LogP contribution >= 0.6 is 23.2 Å². The number of aromatic nitrogens is 2. The predicted octanol–water partition coefficient (Wildman–Crippen LogP) is 4.60. The molecular formula is C23H18Cl2FN5O2. The predicted molar refractivity (Wildman–Crippen MR) is 123 cm³/mol. The van der Waals surface area contributed by atoms with Gasteiger partial charge in [0.15, 0.2) is 5.69 Å². The van der Waals surface area contributed by atoms with Crippen LogP contribution in [0.4, 0.5) is 10.1 Å². The lowest BCUT2D eigenvalue weighted by molar-refractivity contribution is -0.132. The molecule has 7 nitrogen and oxygen atoms in total. The van der Waals surface area contributed by atoms with E-state index in [4.69, 9.17) is 35.5 Å². The fourth-order valence-electron chi connectivity index (χ4n) is 3.88. The van der Waals surface area contributed by atoms with Crippen molar-refractivity contribution in [2.75, 3.05) is 13.2 Å². The summed E-state index contributed by atoms with van der Waals surface area (Å²) in [6, 6.07) is 10.7. The molecule has 0 radical (unpaired) electrons. The molecule has 10 heteroatoms. The van der Waals surface area contributed by atoms with Gasteiger partial charge in [0.05, 0.1) is 46.9 Å². The number of hydrogen-bond donors (Lipinski definition) is 1. The Labute approximate surface area is 199 Å². The zero-order chi connectivity index (χ0) is 23.7. The topological polar surface area (TPSA) is 85.6 Å². The SMILES string of the molecule is [C-]#[N+]c1ccc(CC(=O)N2Cc3c(C(N)=O)c(-c4ccc(Cl)c(Cl)c4)nn3C(CF)C2)cc1. The van der Waals surface area contributed by atoms with Gasteiger partial charge in [0.1, 0.15) is 12.4 Å². The van der Waals surface area contributed by atoms with Crippen molar-refractivity contribution in [3.05, 3.63) is 80.7 Å². The number of hydrogen-bond acceptors (Lipinski definition) is 3. The molecule has 1 aromatic heterocycles. The number of carbonyl (C=O) groups excluding carboxylic acids is 2. The summed E-state index contributed by atoms with van der Waals surface area (Å²) in [5, 5.41) is 5.09. The second kappa shape index (κ2) is 9.22. The first kappa shape index (κ1) is 22.8. The molecule has 1 aliphatic heterocycles. The maximum absolute atomic E-state index is 14.0. The summed E-state index contributed by atoms with van der Waals surface area (Å²) >= 11 is 12.1. The van der Waals surface area contributed by atoms with Crippen molar-refractivity contribution in [3.63, 3.8) is 0 Å². The molecule has 2 heterocycles. The van der Waals surface area contributed by atoms with Crippen LogP contribution in [0.3, 0.4) is 0 Å². The van der Waals surface area contributed by atoms with E-state index >= 15 is 0 Å². The van der Waals surface area contributed by atoms with Gasteiger partial charge >= 0.3 is 0 Å². The van der Waals surface area contributed by atoms with Crippen LogP contribution in [0.15, 0.2) is 42.5 Å². The molecule has 168 valence electrons. The Hall–Kier alpha value is -3.41. The van der Waals surface area contributed by atoms with Crippen molar-refractivity contribution in [3.8, 4) is 11.3 Å². The molecule has 0 fully saturated rings. The molecule has 0 bridgehead atoms. The zero-order valence-electron chi connectivity index (χ0n) is 17.3. The number of benzene rings is 2. The third kappa shape index (κ3) is 4.42. The van der Waals surface area contributed by atoms with Crippen LogP contribution in [-0.4, -0.2) is 39.7 Å². The Bertz CT molecular complexity index is 1280. The van der Waals surface area contributed by atoms with Crippen LogP contribution in [0.1, 0.15) is 27.7 Å². The summed E-state index contributed by atoms with van der Waals surface area (Å²) in [4.78, 5) is 30.2. The van der Waals surface area contributed by atoms with Crippen LogP contribution in [0, 0.1) is 6.57 Å². The standard InChI is InChI=1S/C23H18Cl2FN5O2/c1-28-15-5-2-13(3-6-15)8-20(32)30-11-16(10-26)31-19(12-30)21(23(27)33)22(29-31)14-4-7-17(24)18(25)9-14/h2-7,9,16H,8,10-12H2,(H2,27,33). The number of rotatable bonds is 5. The highest BCUT2D eigenvalue weighted by atomic mass is 35.5. The normalized spacial score (nSPS) is 15.1. The summed E-state index contributed by atoms with van der Waals surface area (Å²) in [5.74, 6) is -0.970. The molecule has 0 saturated heterocycles. The number of carbonyl (C=O) groups is 2. The van der Waals surface area contributed by atoms with Crippen LogP contribution in [-0.2, 0) is 17.8 Å². The Morgan fingerprint density at radius 1 is 1.18 bits per heavy atom. The smallest absolute Gasteiger partial charge is 0.252 e. The number of amides is 2. The minimum Gasteiger partial charge on any atom is -0.365 e. The molecule has 0 spiro atoms. The second-order valence-electron chi connectivity index (χ2n) is 7.65. The van der Waals surface area contributed by atoms with E-state index in [9.17, 15) is 14.0 Å².